The molecule has 2 amide bonds. The maximum Gasteiger partial charge on any atom is 0.329 e. The number of rotatable bonds is 3. The maximum atomic E-state index is 11.6. The fourth-order valence-corrected chi connectivity index (χ4v) is 1.11. The summed E-state index contributed by atoms with van der Waals surface area (Å²) >= 11 is 0. The van der Waals surface area contributed by atoms with Gasteiger partial charge in [-0.05, 0) is 6.92 Å². The van der Waals surface area contributed by atoms with E-state index < -0.39 is 0 Å². The Bertz CT molecular complexity index is 334. The van der Waals surface area contributed by atoms with Crippen LogP contribution in [0.2, 0.25) is 0 Å². The van der Waals surface area contributed by atoms with Gasteiger partial charge in [-0.1, -0.05) is 0 Å². The summed E-state index contributed by atoms with van der Waals surface area (Å²) in [6.45, 7) is 2.44. The van der Waals surface area contributed by atoms with Gasteiger partial charge in [0.25, 0.3) is 0 Å². The van der Waals surface area contributed by atoms with Crippen LogP contribution in [0, 0.1) is 0 Å². The van der Waals surface area contributed by atoms with Gasteiger partial charge in [0, 0.05) is 26.0 Å². The van der Waals surface area contributed by atoms with Crippen molar-refractivity contribution in [1.29, 1.82) is 0 Å². The number of nitrogens with one attached hydrogen (secondary N) is 1. The van der Waals surface area contributed by atoms with Gasteiger partial charge in [0.05, 0.1) is 0 Å². The Labute approximate surface area is 87.9 Å². The Hall–Kier alpha value is -1.85. The van der Waals surface area contributed by atoms with Gasteiger partial charge >= 0.3 is 6.03 Å². The van der Waals surface area contributed by atoms with Crippen LogP contribution in [0.4, 0.5) is 4.79 Å². The fourth-order valence-electron chi connectivity index (χ4n) is 1.11. The number of amides is 2. The van der Waals surface area contributed by atoms with Gasteiger partial charge in [0.15, 0.2) is 0 Å². The summed E-state index contributed by atoms with van der Waals surface area (Å²) in [5.41, 5.74) is 0. The molecule has 1 N–H and O–H groups in total. The van der Waals surface area contributed by atoms with Gasteiger partial charge < -0.3 is 10.2 Å². The summed E-state index contributed by atoms with van der Waals surface area (Å²) in [6.07, 6.45) is 4.45. The highest BCUT2D eigenvalue weighted by Gasteiger charge is 2.13. The normalized spacial score (nSPS) is 9.73. The smallest absolute Gasteiger partial charge is 0.329 e. The van der Waals surface area contributed by atoms with Crippen molar-refractivity contribution in [2.45, 2.75) is 6.92 Å². The van der Waals surface area contributed by atoms with E-state index in [1.54, 1.807) is 7.05 Å². The van der Waals surface area contributed by atoms with E-state index in [1.807, 2.05) is 6.92 Å². The molecule has 0 aromatic carbocycles. The molecule has 0 unspecified atom stereocenters. The standard InChI is InChI=1S/C9H14N4O2/c1-3-11-8(14)6-12(2)9(15)13-5-4-10-7-13/h4-5,7H,3,6H2,1-2H3,(H,11,14). The zero-order chi connectivity index (χ0) is 11.3. The second-order valence-electron chi connectivity index (χ2n) is 3.06. The molecule has 0 radical (unpaired) electrons. The van der Waals surface area contributed by atoms with Gasteiger partial charge in [-0.25, -0.2) is 9.78 Å². The summed E-state index contributed by atoms with van der Waals surface area (Å²) < 4.78 is 1.32. The Morgan fingerprint density at radius 1 is 1.53 bits per heavy atom. The minimum absolute atomic E-state index is 0.0465. The predicted molar refractivity (Wildman–Crippen MR) is 54.3 cm³/mol. The van der Waals surface area contributed by atoms with E-state index in [0.717, 1.165) is 0 Å². The van der Waals surface area contributed by atoms with Crippen LogP contribution in [0.3, 0.4) is 0 Å². The summed E-state index contributed by atoms with van der Waals surface area (Å²) in [7, 11) is 1.57. The van der Waals surface area contributed by atoms with E-state index in [9.17, 15) is 9.59 Å². The third-order valence-electron chi connectivity index (χ3n) is 1.81. The first-order valence-electron chi connectivity index (χ1n) is 4.65. The molecular formula is C9H14N4O2. The molecule has 0 fully saturated rings. The molecule has 6 nitrogen and oxygen atoms in total. The molecule has 6 heteroatoms. The summed E-state index contributed by atoms with van der Waals surface area (Å²) in [4.78, 5) is 27.9. The predicted octanol–water partition coefficient (Wildman–Crippen LogP) is -0.0809. The summed E-state index contributed by atoms with van der Waals surface area (Å²) in [5, 5.41) is 2.62. The molecular weight excluding hydrogens is 196 g/mol. The second kappa shape index (κ2) is 5.14. The van der Waals surface area contributed by atoms with Crippen LogP contribution in [-0.4, -0.2) is 46.5 Å². The van der Waals surface area contributed by atoms with Crippen molar-refractivity contribution < 1.29 is 9.59 Å². The molecule has 0 bridgehead atoms. The topological polar surface area (TPSA) is 67.2 Å². The average molecular weight is 210 g/mol. The summed E-state index contributed by atoms with van der Waals surface area (Å²) in [5.74, 6) is -0.173. The number of hydrogen-bond donors (Lipinski definition) is 1. The maximum absolute atomic E-state index is 11.6. The Balaban J connectivity index is 2.51. The molecule has 0 saturated heterocycles. The zero-order valence-electron chi connectivity index (χ0n) is 8.80. The molecule has 82 valence electrons. The summed E-state index contributed by atoms with van der Waals surface area (Å²) in [6, 6.07) is -0.279. The van der Waals surface area contributed by atoms with E-state index in [1.165, 1.54) is 28.2 Å². The van der Waals surface area contributed by atoms with Crippen LogP contribution in [0.15, 0.2) is 18.7 Å². The van der Waals surface area contributed by atoms with Gasteiger partial charge in [-0.15, -0.1) is 0 Å². The van der Waals surface area contributed by atoms with Crippen LogP contribution < -0.4 is 5.32 Å². The Morgan fingerprint density at radius 3 is 2.80 bits per heavy atom. The van der Waals surface area contributed by atoms with E-state index in [-0.39, 0.29) is 18.5 Å². The Kier molecular flexibility index (Phi) is 3.84. The third-order valence-corrected chi connectivity index (χ3v) is 1.81. The van der Waals surface area contributed by atoms with E-state index in [2.05, 4.69) is 10.3 Å². The lowest BCUT2D eigenvalue weighted by Gasteiger charge is -2.16. The molecule has 0 aliphatic rings. The highest BCUT2D eigenvalue weighted by Crippen LogP contribution is 1.92. The van der Waals surface area contributed by atoms with E-state index in [0.29, 0.717) is 6.54 Å². The highest BCUT2D eigenvalue weighted by molar-refractivity contribution is 5.84. The van der Waals surface area contributed by atoms with Crippen LogP contribution in [0.1, 0.15) is 6.92 Å². The first-order chi connectivity index (χ1) is 7.15. The number of hydrogen-bond acceptors (Lipinski definition) is 3. The molecule has 15 heavy (non-hydrogen) atoms. The van der Waals surface area contributed by atoms with Crippen LogP contribution in [0.25, 0.3) is 0 Å². The van der Waals surface area contributed by atoms with Gasteiger partial charge in [0.1, 0.15) is 12.9 Å². The van der Waals surface area contributed by atoms with Crippen molar-refractivity contribution in [3.05, 3.63) is 18.7 Å². The van der Waals surface area contributed by atoms with Crippen molar-refractivity contribution in [2.24, 2.45) is 0 Å². The fraction of sp³-hybridized carbons (Fsp3) is 0.444. The molecule has 1 aromatic heterocycles. The van der Waals surface area contributed by atoms with Gasteiger partial charge in [-0.2, -0.15) is 0 Å². The van der Waals surface area contributed by atoms with E-state index in [4.69, 9.17) is 0 Å². The molecule has 1 aromatic rings. The first-order valence-corrected chi connectivity index (χ1v) is 4.65. The van der Waals surface area contributed by atoms with Crippen molar-refractivity contribution in [2.75, 3.05) is 20.1 Å². The number of carbonyl (C=O) groups excluding carboxylic acids is 2. The SMILES string of the molecule is CCNC(=O)CN(C)C(=O)n1ccnc1. The number of carbonyl (C=O) groups is 2. The minimum Gasteiger partial charge on any atom is -0.355 e. The minimum atomic E-state index is -0.279. The third kappa shape index (κ3) is 3.08. The molecule has 0 spiro atoms. The van der Waals surface area contributed by atoms with Crippen molar-refractivity contribution in [1.82, 2.24) is 19.8 Å². The Morgan fingerprint density at radius 2 is 2.27 bits per heavy atom. The molecule has 0 aliphatic carbocycles. The number of likely N-dealkylation sites (N-methyl/N-ethyl adjacent to an activating group) is 2. The lowest BCUT2D eigenvalue weighted by Crippen LogP contribution is -2.39. The quantitative estimate of drug-likeness (QED) is 0.758. The molecule has 1 rings (SSSR count). The van der Waals surface area contributed by atoms with E-state index >= 15 is 0 Å². The molecule has 0 saturated carbocycles. The van der Waals surface area contributed by atoms with Crippen LogP contribution in [-0.2, 0) is 4.79 Å². The van der Waals surface area contributed by atoms with Crippen LogP contribution >= 0.6 is 0 Å². The molecule has 0 atom stereocenters. The number of nitrogens with zero attached hydrogens (tertiary/aromatic N) is 3. The van der Waals surface area contributed by atoms with Crippen molar-refractivity contribution in [3.8, 4) is 0 Å². The highest BCUT2D eigenvalue weighted by atomic mass is 16.2. The molecule has 0 aliphatic heterocycles. The number of imidazole rings is 1. The monoisotopic (exact) mass is 210 g/mol. The lowest BCUT2D eigenvalue weighted by atomic mass is 10.5. The average Bonchev–Trinajstić information content (AvgIpc) is 2.69. The largest absolute Gasteiger partial charge is 0.355 e. The van der Waals surface area contributed by atoms with Crippen molar-refractivity contribution in [3.63, 3.8) is 0 Å². The zero-order valence-corrected chi connectivity index (χ0v) is 8.80. The van der Waals surface area contributed by atoms with Gasteiger partial charge in [0.2, 0.25) is 5.91 Å². The molecule has 1 heterocycles. The first kappa shape index (κ1) is 11.2. The van der Waals surface area contributed by atoms with Crippen molar-refractivity contribution >= 4 is 11.9 Å². The van der Waals surface area contributed by atoms with Crippen LogP contribution in [0.5, 0.6) is 0 Å². The van der Waals surface area contributed by atoms with Gasteiger partial charge in [-0.3, -0.25) is 9.36 Å². The lowest BCUT2D eigenvalue weighted by molar-refractivity contribution is -0.121. The second-order valence-corrected chi connectivity index (χ2v) is 3.06. The number of aromatic nitrogens is 2.